The minimum atomic E-state index is -0.782. The fraction of sp³-hybridized carbons (Fsp3) is 0.571. The molecule has 1 aromatic rings. The van der Waals surface area contributed by atoms with E-state index < -0.39 is 5.60 Å². The smallest absolute Gasteiger partial charge is 0.123 e. The molecule has 0 spiro atoms. The Balaban J connectivity index is 2.12. The van der Waals surface area contributed by atoms with Crippen LogP contribution in [0.2, 0.25) is 0 Å². The number of hydrogen-bond donors (Lipinski definition) is 1. The first-order chi connectivity index (χ1) is 7.89. The molecule has 0 bridgehead atoms. The molecule has 1 unspecified atom stereocenters. The third-order valence-corrected chi connectivity index (χ3v) is 3.24. The molecule has 3 heteroatoms. The molecule has 1 aromatic carbocycles. The number of ether oxygens (including phenoxy) is 1. The third-order valence-electron chi connectivity index (χ3n) is 3.24. The van der Waals surface area contributed by atoms with Crippen molar-refractivity contribution in [2.75, 3.05) is 6.61 Å². The molecular formula is C14H19FO2. The maximum absolute atomic E-state index is 13.1. The summed E-state index contributed by atoms with van der Waals surface area (Å²) in [7, 11) is 0. The molecule has 1 fully saturated rings. The van der Waals surface area contributed by atoms with Gasteiger partial charge < -0.3 is 9.84 Å². The van der Waals surface area contributed by atoms with E-state index in [0.29, 0.717) is 25.9 Å². The van der Waals surface area contributed by atoms with E-state index in [1.54, 1.807) is 6.07 Å². The maximum atomic E-state index is 13.1. The highest BCUT2D eigenvalue weighted by molar-refractivity contribution is 5.19. The summed E-state index contributed by atoms with van der Waals surface area (Å²) in [5.74, 6) is -0.252. The number of benzene rings is 1. The zero-order chi connectivity index (χ0) is 12.5. The Hall–Kier alpha value is -0.930. The van der Waals surface area contributed by atoms with Gasteiger partial charge in [0.15, 0.2) is 0 Å². The Kier molecular flexibility index (Phi) is 3.23. The maximum Gasteiger partial charge on any atom is 0.123 e. The predicted octanol–water partition coefficient (Wildman–Crippen LogP) is 2.69. The summed E-state index contributed by atoms with van der Waals surface area (Å²) in [6.45, 7) is 4.50. The summed E-state index contributed by atoms with van der Waals surface area (Å²) in [4.78, 5) is 0. The Bertz CT molecular complexity index is 403. The van der Waals surface area contributed by atoms with Gasteiger partial charge in [0.05, 0.1) is 17.8 Å². The van der Waals surface area contributed by atoms with Crippen molar-refractivity contribution in [1.82, 2.24) is 0 Å². The van der Waals surface area contributed by atoms with E-state index in [9.17, 15) is 9.50 Å². The molecule has 2 rings (SSSR count). The lowest BCUT2D eigenvalue weighted by Gasteiger charge is -2.41. The number of rotatable bonds is 2. The normalized spacial score (nSPS) is 28.0. The molecule has 1 aliphatic heterocycles. The van der Waals surface area contributed by atoms with Gasteiger partial charge in [-0.2, -0.15) is 0 Å². The molecule has 1 aliphatic rings. The topological polar surface area (TPSA) is 29.5 Å². The molecule has 0 aromatic heterocycles. The van der Waals surface area contributed by atoms with E-state index in [2.05, 4.69) is 0 Å². The van der Waals surface area contributed by atoms with Crippen LogP contribution in [0, 0.1) is 5.82 Å². The lowest BCUT2D eigenvalue weighted by atomic mass is 9.80. The highest BCUT2D eigenvalue weighted by atomic mass is 19.1. The van der Waals surface area contributed by atoms with Gasteiger partial charge in [-0.25, -0.2) is 4.39 Å². The zero-order valence-electron chi connectivity index (χ0n) is 10.4. The molecule has 2 nitrogen and oxygen atoms in total. The summed E-state index contributed by atoms with van der Waals surface area (Å²) in [6, 6.07) is 6.43. The van der Waals surface area contributed by atoms with Crippen LogP contribution in [0.15, 0.2) is 24.3 Å². The average Bonchev–Trinajstić information content (AvgIpc) is 2.14. The molecule has 0 aliphatic carbocycles. The highest BCUT2D eigenvalue weighted by Crippen LogP contribution is 2.34. The van der Waals surface area contributed by atoms with Crippen LogP contribution in [0.5, 0.6) is 0 Å². The second-order valence-corrected chi connectivity index (χ2v) is 5.57. The van der Waals surface area contributed by atoms with Crippen LogP contribution in [0.25, 0.3) is 0 Å². The minimum Gasteiger partial charge on any atom is -0.389 e. The minimum absolute atomic E-state index is 0.252. The van der Waals surface area contributed by atoms with Crippen LogP contribution in [-0.4, -0.2) is 22.9 Å². The van der Waals surface area contributed by atoms with Crippen molar-refractivity contribution in [3.63, 3.8) is 0 Å². The van der Waals surface area contributed by atoms with Crippen LogP contribution >= 0.6 is 0 Å². The van der Waals surface area contributed by atoms with E-state index in [-0.39, 0.29) is 11.4 Å². The van der Waals surface area contributed by atoms with Crippen LogP contribution in [0.4, 0.5) is 4.39 Å². The summed E-state index contributed by atoms with van der Waals surface area (Å²) in [5, 5.41) is 10.5. The van der Waals surface area contributed by atoms with Crippen molar-refractivity contribution < 1.29 is 14.2 Å². The standard InChI is InChI=1S/C14H19FO2/c1-13(2)10-14(16,6-7-17-13)9-11-4-3-5-12(15)8-11/h3-5,8,16H,6-7,9-10H2,1-2H3. The van der Waals surface area contributed by atoms with Gasteiger partial charge in [-0.15, -0.1) is 0 Å². The fourth-order valence-corrected chi connectivity index (χ4v) is 2.63. The van der Waals surface area contributed by atoms with Gasteiger partial charge in [0.2, 0.25) is 0 Å². The highest BCUT2D eigenvalue weighted by Gasteiger charge is 2.39. The Morgan fingerprint density at radius 1 is 1.41 bits per heavy atom. The fourth-order valence-electron chi connectivity index (χ4n) is 2.63. The van der Waals surface area contributed by atoms with Crippen LogP contribution in [-0.2, 0) is 11.2 Å². The SMILES string of the molecule is CC1(C)CC(O)(Cc2cccc(F)c2)CCO1. The third kappa shape index (κ3) is 3.27. The van der Waals surface area contributed by atoms with Crippen LogP contribution < -0.4 is 0 Å². The first-order valence-corrected chi connectivity index (χ1v) is 5.99. The molecule has 17 heavy (non-hydrogen) atoms. The quantitative estimate of drug-likeness (QED) is 0.858. The van der Waals surface area contributed by atoms with E-state index in [1.165, 1.54) is 12.1 Å². The van der Waals surface area contributed by atoms with Gasteiger partial charge in [-0.1, -0.05) is 12.1 Å². The van der Waals surface area contributed by atoms with Gasteiger partial charge >= 0.3 is 0 Å². The van der Waals surface area contributed by atoms with Crippen LogP contribution in [0.3, 0.4) is 0 Å². The lowest BCUT2D eigenvalue weighted by molar-refractivity contribution is -0.143. The molecular weight excluding hydrogens is 219 g/mol. The molecule has 94 valence electrons. The van der Waals surface area contributed by atoms with Gasteiger partial charge in [0.25, 0.3) is 0 Å². The zero-order valence-corrected chi connectivity index (χ0v) is 10.4. The molecule has 0 radical (unpaired) electrons. The largest absolute Gasteiger partial charge is 0.389 e. The molecule has 1 heterocycles. The average molecular weight is 238 g/mol. The first kappa shape index (κ1) is 12.5. The van der Waals surface area contributed by atoms with Crippen molar-refractivity contribution >= 4 is 0 Å². The predicted molar refractivity (Wildman–Crippen MR) is 64.3 cm³/mol. The summed E-state index contributed by atoms with van der Waals surface area (Å²) >= 11 is 0. The van der Waals surface area contributed by atoms with E-state index in [4.69, 9.17) is 4.74 Å². The molecule has 0 saturated carbocycles. The summed E-state index contributed by atoms with van der Waals surface area (Å²) in [6.07, 6.45) is 1.67. The van der Waals surface area contributed by atoms with Gasteiger partial charge in [-0.3, -0.25) is 0 Å². The number of hydrogen-bond acceptors (Lipinski definition) is 2. The van der Waals surface area contributed by atoms with E-state index >= 15 is 0 Å². The molecule has 0 amide bonds. The number of halogens is 1. The second-order valence-electron chi connectivity index (χ2n) is 5.57. The first-order valence-electron chi connectivity index (χ1n) is 5.99. The van der Waals surface area contributed by atoms with Gasteiger partial charge in [0.1, 0.15) is 5.82 Å². The van der Waals surface area contributed by atoms with Gasteiger partial charge in [-0.05, 0) is 38.0 Å². The number of aliphatic hydroxyl groups is 1. The molecule has 1 N–H and O–H groups in total. The molecule has 1 atom stereocenters. The Morgan fingerprint density at radius 2 is 2.18 bits per heavy atom. The molecule has 1 saturated heterocycles. The van der Waals surface area contributed by atoms with Gasteiger partial charge in [0, 0.05) is 12.8 Å². The second kappa shape index (κ2) is 4.39. The lowest BCUT2D eigenvalue weighted by Crippen LogP contribution is -2.47. The van der Waals surface area contributed by atoms with Crippen LogP contribution in [0.1, 0.15) is 32.3 Å². The van der Waals surface area contributed by atoms with E-state index in [0.717, 1.165) is 5.56 Å². The van der Waals surface area contributed by atoms with Crippen molar-refractivity contribution in [3.05, 3.63) is 35.6 Å². The van der Waals surface area contributed by atoms with Crippen molar-refractivity contribution in [2.45, 2.75) is 44.3 Å². The Morgan fingerprint density at radius 3 is 2.82 bits per heavy atom. The van der Waals surface area contributed by atoms with Crippen molar-refractivity contribution in [2.24, 2.45) is 0 Å². The van der Waals surface area contributed by atoms with Crippen molar-refractivity contribution in [1.29, 1.82) is 0 Å². The van der Waals surface area contributed by atoms with E-state index in [1.807, 2.05) is 19.9 Å². The van der Waals surface area contributed by atoms with Crippen molar-refractivity contribution in [3.8, 4) is 0 Å². The monoisotopic (exact) mass is 238 g/mol. The summed E-state index contributed by atoms with van der Waals surface area (Å²) < 4.78 is 18.7. The summed E-state index contributed by atoms with van der Waals surface area (Å²) in [5.41, 5.74) is -0.249. The Labute approximate surface area is 101 Å².